The van der Waals surface area contributed by atoms with Crippen LogP contribution in [0.15, 0.2) is 77.9 Å². The molecule has 2 amide bonds. The molecule has 4 rings (SSSR count). The minimum Gasteiger partial charge on any atom is -0.353 e. The van der Waals surface area contributed by atoms with Crippen LogP contribution in [0.25, 0.3) is 0 Å². The van der Waals surface area contributed by atoms with Crippen LogP contribution in [0.5, 0.6) is 0 Å². The van der Waals surface area contributed by atoms with Gasteiger partial charge in [0, 0.05) is 66.0 Å². The third-order valence-corrected chi connectivity index (χ3v) is 9.83. The second-order valence-corrected chi connectivity index (χ2v) is 14.2. The number of hydrogen-bond acceptors (Lipinski definition) is 6. The number of nitrogens with zero attached hydrogens (tertiary/aromatic N) is 2. The van der Waals surface area contributed by atoms with E-state index in [0.29, 0.717) is 25.2 Å². The summed E-state index contributed by atoms with van der Waals surface area (Å²) in [5.74, 6) is -0.823. The number of amides is 2. The van der Waals surface area contributed by atoms with Gasteiger partial charge >= 0.3 is 0 Å². The summed E-state index contributed by atoms with van der Waals surface area (Å²) in [6.45, 7) is 17.5. The first kappa shape index (κ1) is 35.5. The number of nitrogens with one attached hydrogen (secondary N) is 2. The predicted molar refractivity (Wildman–Crippen MR) is 184 cm³/mol. The Balaban J connectivity index is 1.54. The molecule has 2 aromatic carbocycles. The number of carbonyl (C=O) groups is 3. The summed E-state index contributed by atoms with van der Waals surface area (Å²) >= 11 is 0. The van der Waals surface area contributed by atoms with Gasteiger partial charge in [-0.2, -0.15) is 13.0 Å². The number of Topliss-reactive ketones (excluding diaryl/α,β-unsaturated/α-hetero) is 1. The fraction of sp³-hybridized carbons (Fsp3) is 0.389. The molecule has 2 aliphatic heterocycles. The van der Waals surface area contributed by atoms with Gasteiger partial charge in [-0.15, -0.1) is 6.58 Å². The first-order valence-electron chi connectivity index (χ1n) is 15.8. The Bertz CT molecular complexity index is 1820. The molecule has 0 spiro atoms. The van der Waals surface area contributed by atoms with Crippen LogP contribution in [-0.2, 0) is 30.5 Å². The fourth-order valence-corrected chi connectivity index (χ4v) is 6.95. The van der Waals surface area contributed by atoms with Crippen LogP contribution >= 0.6 is 0 Å². The second-order valence-electron chi connectivity index (χ2n) is 12.7. The molecule has 0 aliphatic carbocycles. The van der Waals surface area contributed by atoms with Gasteiger partial charge in [0.25, 0.3) is 16.0 Å². The van der Waals surface area contributed by atoms with Crippen LogP contribution in [0.2, 0.25) is 0 Å². The molecule has 0 saturated heterocycles. The predicted octanol–water partition coefficient (Wildman–Crippen LogP) is 4.97. The Kier molecular flexibility index (Phi) is 10.4. The second kappa shape index (κ2) is 13.8. The van der Waals surface area contributed by atoms with Crippen LogP contribution in [0.1, 0.15) is 75.9 Å². The fourth-order valence-electron chi connectivity index (χ4n) is 6.44. The number of allylic oxidation sites excluding steroid dienone is 4. The molecule has 11 heteroatoms. The van der Waals surface area contributed by atoms with Crippen LogP contribution < -0.4 is 15.5 Å². The molecular weight excluding hydrogens is 616 g/mol. The molecule has 0 saturated carbocycles. The van der Waals surface area contributed by atoms with Crippen molar-refractivity contribution in [1.82, 2.24) is 10.6 Å². The Morgan fingerprint density at radius 2 is 1.70 bits per heavy atom. The Morgan fingerprint density at radius 1 is 0.979 bits per heavy atom. The maximum atomic E-state index is 13.0. The Morgan fingerprint density at radius 3 is 2.34 bits per heavy atom. The molecular formula is C36H45N4O6S+. The lowest BCUT2D eigenvalue weighted by Gasteiger charge is -2.25. The molecule has 0 aromatic heterocycles. The number of rotatable bonds is 13. The summed E-state index contributed by atoms with van der Waals surface area (Å²) in [5, 5.41) is 5.32. The zero-order chi connectivity index (χ0) is 34.7. The lowest BCUT2D eigenvalue weighted by molar-refractivity contribution is -0.433. The van der Waals surface area contributed by atoms with Crippen LogP contribution in [0, 0.1) is 0 Å². The SMILES string of the molecule is C=CCNC(=O)CCC(=O)CNC(=O)c1ccc2c(c1)C(C)(C)C(/C=C/C=C1/N(CC)c3ccc(S(=O)(=O)O)cc3C1(C)C)=[N+]2CC. The molecule has 47 heavy (non-hydrogen) atoms. The maximum absolute atomic E-state index is 13.0. The largest absolute Gasteiger partial charge is 0.353 e. The quantitative estimate of drug-likeness (QED) is 0.157. The summed E-state index contributed by atoms with van der Waals surface area (Å²) in [5.41, 5.74) is 5.28. The zero-order valence-electron chi connectivity index (χ0n) is 28.0. The number of anilines is 1. The Hall–Kier alpha value is -4.35. The molecule has 0 radical (unpaired) electrons. The van der Waals surface area contributed by atoms with Crippen molar-refractivity contribution in [2.45, 2.75) is 70.1 Å². The summed E-state index contributed by atoms with van der Waals surface area (Å²) in [6, 6.07) is 10.3. The number of likely N-dealkylation sites (N-methyl/N-ethyl adjacent to an activating group) is 1. The van der Waals surface area contributed by atoms with Crippen molar-refractivity contribution < 1.29 is 31.9 Å². The van der Waals surface area contributed by atoms with Crippen molar-refractivity contribution in [2.75, 3.05) is 31.1 Å². The van der Waals surface area contributed by atoms with Gasteiger partial charge in [-0.3, -0.25) is 18.9 Å². The lowest BCUT2D eigenvalue weighted by atomic mass is 9.80. The highest BCUT2D eigenvalue weighted by molar-refractivity contribution is 7.85. The van der Waals surface area contributed by atoms with E-state index in [1.807, 2.05) is 39.0 Å². The molecule has 3 N–H and O–H groups in total. The average Bonchev–Trinajstić information content (AvgIpc) is 3.38. The molecule has 2 aromatic rings. The number of hydrogen-bond donors (Lipinski definition) is 3. The van der Waals surface area contributed by atoms with Crippen LogP contribution in [0.3, 0.4) is 0 Å². The lowest BCUT2D eigenvalue weighted by Crippen LogP contribution is -2.31. The average molecular weight is 662 g/mol. The number of benzene rings is 2. The molecule has 250 valence electrons. The minimum absolute atomic E-state index is 0.0393. The highest BCUT2D eigenvalue weighted by Crippen LogP contribution is 2.48. The van der Waals surface area contributed by atoms with Gasteiger partial charge in [0.15, 0.2) is 11.5 Å². The van der Waals surface area contributed by atoms with E-state index < -0.39 is 20.9 Å². The van der Waals surface area contributed by atoms with Gasteiger partial charge in [0.2, 0.25) is 11.6 Å². The van der Waals surface area contributed by atoms with Gasteiger partial charge in [-0.1, -0.05) is 26.0 Å². The van der Waals surface area contributed by atoms with Gasteiger partial charge in [-0.05, 0) is 69.7 Å². The minimum atomic E-state index is -4.33. The molecule has 2 heterocycles. The monoisotopic (exact) mass is 661 g/mol. The molecule has 0 atom stereocenters. The van der Waals surface area contributed by atoms with E-state index in [0.717, 1.165) is 33.9 Å². The van der Waals surface area contributed by atoms with E-state index >= 15 is 0 Å². The topological polar surface area (TPSA) is 136 Å². The Labute approximate surface area is 277 Å². The van der Waals surface area contributed by atoms with Crippen molar-refractivity contribution in [1.29, 1.82) is 0 Å². The van der Waals surface area contributed by atoms with Crippen molar-refractivity contribution in [3.8, 4) is 0 Å². The van der Waals surface area contributed by atoms with Crippen LogP contribution in [-0.4, -0.2) is 67.0 Å². The first-order valence-corrected chi connectivity index (χ1v) is 17.3. The zero-order valence-corrected chi connectivity index (χ0v) is 28.8. The van der Waals surface area contributed by atoms with Crippen molar-refractivity contribution in [3.05, 3.63) is 89.7 Å². The summed E-state index contributed by atoms with van der Waals surface area (Å²) in [7, 11) is -4.33. The van der Waals surface area contributed by atoms with Gasteiger partial charge in [0.05, 0.1) is 16.9 Å². The summed E-state index contributed by atoms with van der Waals surface area (Å²) in [4.78, 5) is 39.1. The van der Waals surface area contributed by atoms with Crippen molar-refractivity contribution in [3.63, 3.8) is 0 Å². The smallest absolute Gasteiger partial charge is 0.294 e. The van der Waals surface area contributed by atoms with E-state index in [9.17, 15) is 27.4 Å². The van der Waals surface area contributed by atoms with E-state index in [4.69, 9.17) is 0 Å². The number of fused-ring (bicyclic) bond motifs is 2. The van der Waals surface area contributed by atoms with E-state index in [1.54, 1.807) is 24.3 Å². The molecule has 0 unspecified atom stereocenters. The number of ketones is 1. The first-order chi connectivity index (χ1) is 22.1. The van der Waals surface area contributed by atoms with E-state index in [1.165, 1.54) is 6.07 Å². The summed E-state index contributed by atoms with van der Waals surface area (Å²) < 4.78 is 35.6. The molecule has 2 aliphatic rings. The third kappa shape index (κ3) is 7.16. The highest BCUT2D eigenvalue weighted by Gasteiger charge is 2.44. The maximum Gasteiger partial charge on any atom is 0.294 e. The van der Waals surface area contributed by atoms with Crippen LogP contribution in [0.4, 0.5) is 11.4 Å². The molecule has 0 bridgehead atoms. The van der Waals surface area contributed by atoms with Gasteiger partial charge < -0.3 is 15.5 Å². The summed E-state index contributed by atoms with van der Waals surface area (Å²) in [6.07, 6.45) is 7.80. The normalized spacial score (nSPS) is 17.2. The molecule has 10 nitrogen and oxygen atoms in total. The highest BCUT2D eigenvalue weighted by atomic mass is 32.2. The van der Waals surface area contributed by atoms with Crippen molar-refractivity contribution >= 4 is 44.8 Å². The van der Waals surface area contributed by atoms with E-state index in [2.05, 4.69) is 59.6 Å². The standard InChI is InChI=1S/C36H44N4O6S/c1-8-20-37-33(42)19-15-25(41)23-38-34(43)24-14-17-29-27(21-24)35(4,5)31(39(29)9-2)12-11-13-32-36(6,7)28-22-26(47(44,45)46)16-18-30(28)40(32)10-3/h8,11-14,16-18,21-22H,1,9-10,15,19-20,23H2,2-7H3,(H2-,37,38,42,43,44,45,46)/p+1. The number of carbonyl (C=O) groups excluding carboxylic acids is 3. The van der Waals surface area contributed by atoms with E-state index in [-0.39, 0.29) is 41.9 Å². The van der Waals surface area contributed by atoms with Gasteiger partial charge in [-0.25, -0.2) is 0 Å². The molecule has 0 fully saturated rings. The third-order valence-electron chi connectivity index (χ3n) is 8.98. The van der Waals surface area contributed by atoms with Gasteiger partial charge in [0.1, 0.15) is 6.54 Å². The van der Waals surface area contributed by atoms with Crippen molar-refractivity contribution in [2.24, 2.45) is 0 Å².